The van der Waals surface area contributed by atoms with E-state index in [0.29, 0.717) is 6.61 Å². The number of hydrogen-bond donors (Lipinski definition) is 1. The van der Waals surface area contributed by atoms with Crippen LogP contribution in [0.2, 0.25) is 0 Å². The molecule has 0 atom stereocenters. The molecule has 3 rings (SSSR count). The molecule has 0 spiro atoms. The molecule has 2 aromatic carbocycles. The Kier molecular flexibility index (Phi) is 3.97. The molecule has 22 heavy (non-hydrogen) atoms. The maximum Gasteiger partial charge on any atom is 0.123 e. The molecule has 1 N–H and O–H groups in total. The molecule has 0 saturated heterocycles. The summed E-state index contributed by atoms with van der Waals surface area (Å²) in [5, 5.41) is 3.45. The van der Waals surface area contributed by atoms with Crippen LogP contribution in [-0.4, -0.2) is 12.2 Å². The fourth-order valence-electron chi connectivity index (χ4n) is 2.81. The lowest BCUT2D eigenvalue weighted by Gasteiger charge is -2.16. The summed E-state index contributed by atoms with van der Waals surface area (Å²) in [6.45, 7) is 7.75. The van der Waals surface area contributed by atoms with Gasteiger partial charge < -0.3 is 14.8 Å². The molecule has 1 aliphatic heterocycles. The Morgan fingerprint density at radius 1 is 1.14 bits per heavy atom. The van der Waals surface area contributed by atoms with E-state index in [4.69, 9.17) is 9.47 Å². The summed E-state index contributed by atoms with van der Waals surface area (Å²) in [4.78, 5) is 0. The highest BCUT2D eigenvalue weighted by molar-refractivity contribution is 5.48. The topological polar surface area (TPSA) is 30.5 Å². The van der Waals surface area contributed by atoms with Crippen molar-refractivity contribution in [1.82, 2.24) is 0 Å². The van der Waals surface area contributed by atoms with Gasteiger partial charge in [-0.05, 0) is 62.2 Å². The van der Waals surface area contributed by atoms with E-state index in [0.717, 1.165) is 30.2 Å². The maximum atomic E-state index is 5.91. The van der Waals surface area contributed by atoms with Crippen molar-refractivity contribution < 1.29 is 9.47 Å². The van der Waals surface area contributed by atoms with Gasteiger partial charge in [0.05, 0.1) is 6.61 Å². The van der Waals surface area contributed by atoms with Crippen molar-refractivity contribution in [2.75, 3.05) is 11.9 Å². The van der Waals surface area contributed by atoms with Crippen LogP contribution in [-0.2, 0) is 13.0 Å². The van der Waals surface area contributed by atoms with Crippen molar-refractivity contribution in [1.29, 1.82) is 0 Å². The van der Waals surface area contributed by atoms with Gasteiger partial charge >= 0.3 is 0 Å². The van der Waals surface area contributed by atoms with Crippen LogP contribution in [0.1, 0.15) is 31.9 Å². The number of benzene rings is 2. The van der Waals surface area contributed by atoms with Gasteiger partial charge in [-0.15, -0.1) is 0 Å². The molecule has 0 radical (unpaired) electrons. The number of fused-ring (bicyclic) bond motifs is 1. The highest BCUT2D eigenvalue weighted by Gasteiger charge is 2.29. The highest BCUT2D eigenvalue weighted by Crippen LogP contribution is 2.35. The molecule has 0 aromatic heterocycles. The minimum Gasteiger partial charge on any atom is -0.494 e. The van der Waals surface area contributed by atoms with E-state index in [-0.39, 0.29) is 5.60 Å². The fourth-order valence-corrected chi connectivity index (χ4v) is 2.81. The molecule has 0 fully saturated rings. The molecule has 2 aromatic rings. The van der Waals surface area contributed by atoms with E-state index in [2.05, 4.69) is 37.4 Å². The van der Waals surface area contributed by atoms with Crippen LogP contribution in [0.25, 0.3) is 0 Å². The average molecular weight is 297 g/mol. The Morgan fingerprint density at radius 3 is 2.64 bits per heavy atom. The van der Waals surface area contributed by atoms with Crippen molar-refractivity contribution in [2.45, 2.75) is 39.3 Å². The van der Waals surface area contributed by atoms with Crippen molar-refractivity contribution in [3.05, 3.63) is 53.6 Å². The zero-order valence-electron chi connectivity index (χ0n) is 13.5. The van der Waals surface area contributed by atoms with Crippen LogP contribution in [0.3, 0.4) is 0 Å². The van der Waals surface area contributed by atoms with Gasteiger partial charge in [0.1, 0.15) is 17.1 Å². The number of nitrogens with one attached hydrogen (secondary N) is 1. The summed E-state index contributed by atoms with van der Waals surface area (Å²) < 4.78 is 11.4. The van der Waals surface area contributed by atoms with Crippen LogP contribution < -0.4 is 14.8 Å². The molecule has 0 amide bonds. The van der Waals surface area contributed by atoms with Crippen molar-refractivity contribution in [3.8, 4) is 11.5 Å². The first kappa shape index (κ1) is 14.8. The third kappa shape index (κ3) is 3.35. The fraction of sp³-hybridized carbons (Fsp3) is 0.368. The van der Waals surface area contributed by atoms with E-state index in [1.54, 1.807) is 0 Å². The Bertz CT molecular complexity index is 647. The number of rotatable bonds is 5. The molecule has 0 bridgehead atoms. The lowest BCUT2D eigenvalue weighted by Crippen LogP contribution is -2.24. The van der Waals surface area contributed by atoms with Crippen molar-refractivity contribution in [2.24, 2.45) is 0 Å². The van der Waals surface area contributed by atoms with Crippen molar-refractivity contribution in [3.63, 3.8) is 0 Å². The van der Waals surface area contributed by atoms with Gasteiger partial charge in [0.25, 0.3) is 0 Å². The maximum absolute atomic E-state index is 5.91. The zero-order valence-corrected chi connectivity index (χ0v) is 13.5. The SMILES string of the molecule is CCOc1ccc(NCc2ccc3c(c2)CC(C)(C)O3)cc1. The Morgan fingerprint density at radius 2 is 1.91 bits per heavy atom. The van der Waals surface area contributed by atoms with Crippen LogP contribution in [0.15, 0.2) is 42.5 Å². The van der Waals surface area contributed by atoms with Crippen LogP contribution in [0.4, 0.5) is 5.69 Å². The van der Waals surface area contributed by atoms with Gasteiger partial charge in [-0.1, -0.05) is 12.1 Å². The highest BCUT2D eigenvalue weighted by atomic mass is 16.5. The van der Waals surface area contributed by atoms with Gasteiger partial charge in [-0.3, -0.25) is 0 Å². The molecule has 3 heteroatoms. The first-order chi connectivity index (χ1) is 10.6. The Balaban J connectivity index is 1.63. The predicted molar refractivity (Wildman–Crippen MR) is 89.8 cm³/mol. The van der Waals surface area contributed by atoms with E-state index in [9.17, 15) is 0 Å². The second-order valence-electron chi connectivity index (χ2n) is 6.29. The second kappa shape index (κ2) is 5.91. The third-order valence-corrected chi connectivity index (χ3v) is 3.79. The molecule has 116 valence electrons. The van der Waals surface area contributed by atoms with Crippen LogP contribution >= 0.6 is 0 Å². The summed E-state index contributed by atoms with van der Waals surface area (Å²) >= 11 is 0. The molecule has 0 aliphatic carbocycles. The summed E-state index contributed by atoms with van der Waals surface area (Å²) in [5.41, 5.74) is 3.59. The molecular weight excluding hydrogens is 274 g/mol. The molecular formula is C19H23NO2. The first-order valence-electron chi connectivity index (χ1n) is 7.83. The van der Waals surface area contributed by atoms with Gasteiger partial charge in [0.15, 0.2) is 0 Å². The monoisotopic (exact) mass is 297 g/mol. The minimum atomic E-state index is -0.0799. The van der Waals surface area contributed by atoms with E-state index in [1.165, 1.54) is 11.1 Å². The summed E-state index contributed by atoms with van der Waals surface area (Å²) in [6.07, 6.45) is 0.971. The first-order valence-corrected chi connectivity index (χ1v) is 7.83. The Labute approximate surface area is 132 Å². The minimum absolute atomic E-state index is 0.0799. The summed E-state index contributed by atoms with van der Waals surface area (Å²) in [6, 6.07) is 14.5. The predicted octanol–water partition coefficient (Wildman–Crippen LogP) is 4.41. The molecule has 0 saturated carbocycles. The molecule has 1 aliphatic rings. The van der Waals surface area contributed by atoms with Gasteiger partial charge in [-0.2, -0.15) is 0 Å². The largest absolute Gasteiger partial charge is 0.494 e. The standard InChI is InChI=1S/C19H23NO2/c1-4-21-17-8-6-16(7-9-17)20-13-14-5-10-18-15(11-14)12-19(2,3)22-18/h5-11,20H,4,12-13H2,1-3H3. The smallest absolute Gasteiger partial charge is 0.123 e. The lowest BCUT2D eigenvalue weighted by molar-refractivity contribution is 0.138. The normalized spacial score (nSPS) is 15.0. The number of hydrogen-bond acceptors (Lipinski definition) is 3. The molecule has 3 nitrogen and oxygen atoms in total. The van der Waals surface area contributed by atoms with Gasteiger partial charge in [0.2, 0.25) is 0 Å². The quantitative estimate of drug-likeness (QED) is 0.886. The zero-order chi connectivity index (χ0) is 15.6. The second-order valence-corrected chi connectivity index (χ2v) is 6.29. The molecule has 1 heterocycles. The average Bonchev–Trinajstić information content (AvgIpc) is 2.80. The number of anilines is 1. The summed E-state index contributed by atoms with van der Waals surface area (Å²) in [7, 11) is 0. The molecule has 0 unspecified atom stereocenters. The van der Waals surface area contributed by atoms with E-state index >= 15 is 0 Å². The van der Waals surface area contributed by atoms with Gasteiger partial charge in [0, 0.05) is 18.7 Å². The van der Waals surface area contributed by atoms with E-state index in [1.807, 2.05) is 31.2 Å². The third-order valence-electron chi connectivity index (χ3n) is 3.79. The summed E-state index contributed by atoms with van der Waals surface area (Å²) in [5.74, 6) is 1.93. The Hall–Kier alpha value is -2.16. The number of ether oxygens (including phenoxy) is 2. The lowest BCUT2D eigenvalue weighted by atomic mass is 10.0. The van der Waals surface area contributed by atoms with Crippen LogP contribution in [0, 0.1) is 0 Å². The van der Waals surface area contributed by atoms with Gasteiger partial charge in [-0.25, -0.2) is 0 Å². The van der Waals surface area contributed by atoms with Crippen LogP contribution in [0.5, 0.6) is 11.5 Å². The van der Waals surface area contributed by atoms with E-state index < -0.39 is 0 Å². The van der Waals surface area contributed by atoms with Crippen molar-refractivity contribution >= 4 is 5.69 Å².